The number of benzene rings is 1. The van der Waals surface area contributed by atoms with Crippen LogP contribution in [0.4, 0.5) is 0 Å². The molecule has 0 bridgehead atoms. The Kier molecular flexibility index (Phi) is 3.77. The molecular formula is C14H14ClNO. The van der Waals surface area contributed by atoms with Gasteiger partial charge in [0.05, 0.1) is 6.10 Å². The van der Waals surface area contributed by atoms with Gasteiger partial charge in [0.1, 0.15) is 0 Å². The van der Waals surface area contributed by atoms with E-state index in [9.17, 15) is 5.11 Å². The van der Waals surface area contributed by atoms with E-state index in [1.807, 2.05) is 37.3 Å². The number of hydrogen-bond donors (Lipinski definition) is 1. The van der Waals surface area contributed by atoms with Crippen molar-refractivity contribution in [2.24, 2.45) is 0 Å². The predicted octanol–water partition coefficient (Wildman–Crippen LogP) is 3.32. The molecule has 0 aliphatic carbocycles. The highest BCUT2D eigenvalue weighted by molar-refractivity contribution is 6.31. The quantitative estimate of drug-likeness (QED) is 0.903. The molecule has 1 heterocycles. The van der Waals surface area contributed by atoms with Crippen LogP contribution in [0, 0.1) is 6.92 Å². The van der Waals surface area contributed by atoms with E-state index < -0.39 is 6.10 Å². The minimum absolute atomic E-state index is 0.532. The number of aliphatic hydroxyl groups excluding tert-OH is 1. The van der Waals surface area contributed by atoms with Crippen molar-refractivity contribution < 1.29 is 5.11 Å². The Morgan fingerprint density at radius 1 is 1.24 bits per heavy atom. The Morgan fingerprint density at radius 3 is 2.59 bits per heavy atom. The second-order valence-corrected chi connectivity index (χ2v) is 4.49. The molecule has 0 saturated heterocycles. The normalized spacial score (nSPS) is 12.4. The summed E-state index contributed by atoms with van der Waals surface area (Å²) in [5, 5.41) is 10.8. The van der Waals surface area contributed by atoms with Gasteiger partial charge < -0.3 is 5.11 Å². The van der Waals surface area contributed by atoms with E-state index in [-0.39, 0.29) is 0 Å². The molecule has 2 aromatic rings. The Bertz CT molecular complexity index is 499. The van der Waals surface area contributed by atoms with Crippen molar-refractivity contribution in [3.8, 4) is 0 Å². The van der Waals surface area contributed by atoms with Crippen LogP contribution in [-0.4, -0.2) is 10.1 Å². The van der Waals surface area contributed by atoms with E-state index in [0.29, 0.717) is 11.4 Å². The van der Waals surface area contributed by atoms with Crippen LogP contribution in [-0.2, 0) is 6.42 Å². The number of aromatic nitrogens is 1. The van der Waals surface area contributed by atoms with Crippen molar-refractivity contribution in [3.63, 3.8) is 0 Å². The molecule has 88 valence electrons. The first-order chi connectivity index (χ1) is 8.16. The summed E-state index contributed by atoms with van der Waals surface area (Å²) in [6.07, 6.45) is 3.49. The van der Waals surface area contributed by atoms with Gasteiger partial charge in [-0.25, -0.2) is 0 Å². The molecule has 2 nitrogen and oxygen atoms in total. The molecule has 0 amide bonds. The first-order valence-corrected chi connectivity index (χ1v) is 5.87. The third kappa shape index (κ3) is 3.05. The summed E-state index contributed by atoms with van der Waals surface area (Å²) in [4.78, 5) is 3.95. The molecule has 3 heteroatoms. The van der Waals surface area contributed by atoms with Gasteiger partial charge in [-0.1, -0.05) is 23.7 Å². The lowest BCUT2D eigenvalue weighted by molar-refractivity contribution is 0.178. The second-order valence-electron chi connectivity index (χ2n) is 4.08. The topological polar surface area (TPSA) is 33.1 Å². The average molecular weight is 248 g/mol. The first kappa shape index (κ1) is 12.1. The van der Waals surface area contributed by atoms with Gasteiger partial charge in [-0.3, -0.25) is 4.98 Å². The molecule has 1 aromatic heterocycles. The Hall–Kier alpha value is -1.38. The van der Waals surface area contributed by atoms with Gasteiger partial charge in [0.2, 0.25) is 0 Å². The van der Waals surface area contributed by atoms with Crippen molar-refractivity contribution in [1.82, 2.24) is 4.98 Å². The summed E-state index contributed by atoms with van der Waals surface area (Å²) in [7, 11) is 0. The van der Waals surface area contributed by atoms with Crippen molar-refractivity contribution in [3.05, 3.63) is 64.4 Å². The van der Waals surface area contributed by atoms with Crippen molar-refractivity contribution in [2.45, 2.75) is 19.4 Å². The zero-order chi connectivity index (χ0) is 12.3. The van der Waals surface area contributed by atoms with E-state index in [1.54, 1.807) is 12.4 Å². The predicted molar refractivity (Wildman–Crippen MR) is 69.1 cm³/mol. The molecule has 0 spiro atoms. The summed E-state index contributed by atoms with van der Waals surface area (Å²) in [6.45, 7) is 1.95. The monoisotopic (exact) mass is 247 g/mol. The molecule has 0 saturated carbocycles. The number of aliphatic hydroxyl groups is 1. The SMILES string of the molecule is Cc1ccc(C(O)Cc2ccncc2)cc1Cl. The number of pyridine rings is 1. The molecule has 1 N–H and O–H groups in total. The van der Waals surface area contributed by atoms with Gasteiger partial charge in [0, 0.05) is 23.8 Å². The van der Waals surface area contributed by atoms with Gasteiger partial charge in [-0.15, -0.1) is 0 Å². The minimum atomic E-state index is -0.532. The largest absolute Gasteiger partial charge is 0.388 e. The minimum Gasteiger partial charge on any atom is -0.388 e. The fraction of sp³-hybridized carbons (Fsp3) is 0.214. The number of rotatable bonds is 3. The summed E-state index contributed by atoms with van der Waals surface area (Å²) in [5.41, 5.74) is 2.92. The van der Waals surface area contributed by atoms with E-state index in [4.69, 9.17) is 11.6 Å². The Morgan fingerprint density at radius 2 is 1.94 bits per heavy atom. The van der Waals surface area contributed by atoms with Crippen molar-refractivity contribution >= 4 is 11.6 Å². The third-order valence-corrected chi connectivity index (χ3v) is 3.17. The number of nitrogens with zero attached hydrogens (tertiary/aromatic N) is 1. The zero-order valence-electron chi connectivity index (χ0n) is 9.60. The highest BCUT2D eigenvalue weighted by atomic mass is 35.5. The van der Waals surface area contributed by atoms with Crippen LogP contribution in [0.3, 0.4) is 0 Å². The highest BCUT2D eigenvalue weighted by Crippen LogP contribution is 2.23. The van der Waals surface area contributed by atoms with E-state index in [2.05, 4.69) is 4.98 Å². The lowest BCUT2D eigenvalue weighted by Crippen LogP contribution is -2.02. The van der Waals surface area contributed by atoms with Gasteiger partial charge in [0.15, 0.2) is 0 Å². The fourth-order valence-corrected chi connectivity index (χ4v) is 1.87. The molecule has 1 aromatic carbocycles. The number of aryl methyl sites for hydroxylation is 1. The van der Waals surface area contributed by atoms with Crippen LogP contribution in [0.5, 0.6) is 0 Å². The summed E-state index contributed by atoms with van der Waals surface area (Å²) in [6, 6.07) is 9.46. The molecule has 1 atom stereocenters. The lowest BCUT2D eigenvalue weighted by atomic mass is 10.0. The van der Waals surface area contributed by atoms with Crippen LogP contribution in [0.15, 0.2) is 42.7 Å². The van der Waals surface area contributed by atoms with Crippen LogP contribution in [0.1, 0.15) is 22.8 Å². The number of hydrogen-bond acceptors (Lipinski definition) is 2. The summed E-state index contributed by atoms with van der Waals surface area (Å²) < 4.78 is 0. The molecule has 2 rings (SSSR count). The fourth-order valence-electron chi connectivity index (χ4n) is 1.68. The van der Waals surface area contributed by atoms with Gasteiger partial charge in [-0.2, -0.15) is 0 Å². The van der Waals surface area contributed by atoms with Crippen LogP contribution < -0.4 is 0 Å². The lowest BCUT2D eigenvalue weighted by Gasteiger charge is -2.12. The standard InChI is InChI=1S/C14H14ClNO/c1-10-2-3-12(9-13(10)15)14(17)8-11-4-6-16-7-5-11/h2-7,9,14,17H,8H2,1H3. The molecule has 17 heavy (non-hydrogen) atoms. The first-order valence-electron chi connectivity index (χ1n) is 5.50. The van der Waals surface area contributed by atoms with Crippen LogP contribution in [0.2, 0.25) is 5.02 Å². The van der Waals surface area contributed by atoms with E-state index in [0.717, 1.165) is 16.7 Å². The number of halogens is 1. The molecule has 0 radical (unpaired) electrons. The molecular weight excluding hydrogens is 234 g/mol. The molecule has 1 unspecified atom stereocenters. The van der Waals surface area contributed by atoms with Gasteiger partial charge >= 0.3 is 0 Å². The molecule has 0 aliphatic rings. The van der Waals surface area contributed by atoms with Gasteiger partial charge in [-0.05, 0) is 41.8 Å². The van der Waals surface area contributed by atoms with Crippen LogP contribution >= 0.6 is 11.6 Å². The summed E-state index contributed by atoms with van der Waals surface area (Å²) >= 11 is 6.04. The zero-order valence-corrected chi connectivity index (χ0v) is 10.4. The Balaban J connectivity index is 2.14. The molecule has 0 fully saturated rings. The van der Waals surface area contributed by atoms with Crippen molar-refractivity contribution in [1.29, 1.82) is 0 Å². The van der Waals surface area contributed by atoms with E-state index >= 15 is 0 Å². The maximum atomic E-state index is 10.1. The summed E-state index contributed by atoms with van der Waals surface area (Å²) in [5.74, 6) is 0. The second kappa shape index (κ2) is 5.30. The average Bonchev–Trinajstić information content (AvgIpc) is 2.34. The smallest absolute Gasteiger partial charge is 0.0830 e. The third-order valence-electron chi connectivity index (χ3n) is 2.76. The highest BCUT2D eigenvalue weighted by Gasteiger charge is 2.09. The van der Waals surface area contributed by atoms with Crippen LogP contribution in [0.25, 0.3) is 0 Å². The maximum Gasteiger partial charge on any atom is 0.0830 e. The maximum absolute atomic E-state index is 10.1. The Labute approximate surface area is 106 Å². The van der Waals surface area contributed by atoms with Gasteiger partial charge in [0.25, 0.3) is 0 Å². The van der Waals surface area contributed by atoms with Crippen molar-refractivity contribution in [2.75, 3.05) is 0 Å². The molecule has 0 aliphatic heterocycles. The van der Waals surface area contributed by atoms with E-state index in [1.165, 1.54) is 0 Å².